The van der Waals surface area contributed by atoms with E-state index in [1.807, 2.05) is 19.1 Å². The van der Waals surface area contributed by atoms with Crippen LogP contribution >= 0.6 is 11.8 Å². The Labute approximate surface area is 134 Å². The van der Waals surface area contributed by atoms with Gasteiger partial charge in [0.05, 0.1) is 30.7 Å². The van der Waals surface area contributed by atoms with E-state index in [0.717, 1.165) is 0 Å². The summed E-state index contributed by atoms with van der Waals surface area (Å²) in [6.45, 7) is 2.50. The van der Waals surface area contributed by atoms with Crippen molar-refractivity contribution in [2.75, 3.05) is 18.8 Å². The van der Waals surface area contributed by atoms with E-state index in [1.165, 1.54) is 22.7 Å². The highest BCUT2D eigenvalue weighted by atomic mass is 32.2. The van der Waals surface area contributed by atoms with Gasteiger partial charge in [-0.1, -0.05) is 18.2 Å². The molecule has 0 aliphatic carbocycles. The number of carbonyl (C=O) groups excluding carboxylic acids is 1. The van der Waals surface area contributed by atoms with Crippen molar-refractivity contribution in [1.29, 1.82) is 10.5 Å². The number of hydrogen-bond acceptors (Lipinski definition) is 4. The number of benzene rings is 1. The molecule has 0 fully saturated rings. The second-order valence-corrected chi connectivity index (χ2v) is 6.00. The number of amides is 1. The molecule has 0 radical (unpaired) electrons. The Morgan fingerprint density at radius 2 is 1.86 bits per heavy atom. The summed E-state index contributed by atoms with van der Waals surface area (Å²) < 4.78 is 13.7. The van der Waals surface area contributed by atoms with Crippen LogP contribution in [0.15, 0.2) is 24.3 Å². The summed E-state index contributed by atoms with van der Waals surface area (Å²) in [6.07, 6.45) is 0.482. The summed E-state index contributed by atoms with van der Waals surface area (Å²) in [5.74, 6) is -0.203. The topological polar surface area (TPSA) is 67.9 Å². The van der Waals surface area contributed by atoms with Crippen LogP contribution in [0, 0.1) is 28.5 Å². The van der Waals surface area contributed by atoms with Gasteiger partial charge in [-0.3, -0.25) is 4.79 Å². The number of rotatable bonds is 8. The maximum atomic E-state index is 13.7. The van der Waals surface area contributed by atoms with Crippen LogP contribution in [0.25, 0.3) is 0 Å². The van der Waals surface area contributed by atoms with Crippen LogP contribution in [0.2, 0.25) is 0 Å². The molecule has 22 heavy (non-hydrogen) atoms. The molecule has 1 aromatic rings. The van der Waals surface area contributed by atoms with Crippen LogP contribution in [-0.2, 0) is 4.79 Å². The van der Waals surface area contributed by atoms with Crippen LogP contribution in [0.3, 0.4) is 0 Å². The lowest BCUT2D eigenvalue weighted by molar-refractivity contribution is -0.128. The van der Waals surface area contributed by atoms with Gasteiger partial charge in [-0.05, 0) is 13.0 Å². The predicted octanol–water partition coefficient (Wildman–Crippen LogP) is 3.28. The van der Waals surface area contributed by atoms with Crippen molar-refractivity contribution in [2.45, 2.75) is 25.0 Å². The van der Waals surface area contributed by atoms with Crippen LogP contribution < -0.4 is 0 Å². The number of carbonyl (C=O) groups is 1. The van der Waals surface area contributed by atoms with Gasteiger partial charge in [-0.15, -0.1) is 11.8 Å². The number of nitriles is 2. The van der Waals surface area contributed by atoms with Crippen molar-refractivity contribution in [2.24, 2.45) is 0 Å². The van der Waals surface area contributed by atoms with Crippen molar-refractivity contribution in [3.8, 4) is 12.1 Å². The highest BCUT2D eigenvalue weighted by molar-refractivity contribution is 8.00. The van der Waals surface area contributed by atoms with E-state index in [9.17, 15) is 9.18 Å². The number of thioether (sulfide) groups is 1. The molecule has 1 aromatic carbocycles. The molecule has 6 heteroatoms. The molecule has 0 N–H and O–H groups in total. The smallest absolute Gasteiger partial charge is 0.232 e. The minimum Gasteiger partial charge on any atom is -0.340 e. The lowest BCUT2D eigenvalue weighted by Gasteiger charge is -2.21. The molecule has 0 spiro atoms. The lowest BCUT2D eigenvalue weighted by atomic mass is 10.1. The Balaban J connectivity index is 2.57. The first-order chi connectivity index (χ1) is 10.6. The largest absolute Gasteiger partial charge is 0.340 e. The second-order valence-electron chi connectivity index (χ2n) is 4.67. The maximum Gasteiger partial charge on any atom is 0.232 e. The van der Waals surface area contributed by atoms with Crippen molar-refractivity contribution in [3.05, 3.63) is 35.6 Å². The Bertz CT molecular complexity index is 561. The van der Waals surface area contributed by atoms with E-state index in [-0.39, 0.29) is 35.6 Å². The van der Waals surface area contributed by atoms with Gasteiger partial charge < -0.3 is 4.90 Å². The molecule has 4 nitrogen and oxygen atoms in total. The molecule has 0 bridgehead atoms. The minimum atomic E-state index is -0.277. The Kier molecular flexibility index (Phi) is 8.03. The number of hydrogen-bond donors (Lipinski definition) is 0. The van der Waals surface area contributed by atoms with Gasteiger partial charge >= 0.3 is 0 Å². The molecule has 0 heterocycles. The predicted molar refractivity (Wildman–Crippen MR) is 84.3 cm³/mol. The molecule has 0 saturated heterocycles. The Hall–Kier alpha value is -2.05. The van der Waals surface area contributed by atoms with E-state index in [2.05, 4.69) is 0 Å². The van der Waals surface area contributed by atoms with Crippen molar-refractivity contribution >= 4 is 17.7 Å². The molecule has 0 aliphatic heterocycles. The fourth-order valence-electron chi connectivity index (χ4n) is 1.91. The van der Waals surface area contributed by atoms with Crippen molar-refractivity contribution < 1.29 is 9.18 Å². The van der Waals surface area contributed by atoms with E-state index in [1.54, 1.807) is 18.2 Å². The fourth-order valence-corrected chi connectivity index (χ4v) is 2.86. The van der Waals surface area contributed by atoms with Crippen LogP contribution in [-0.4, -0.2) is 29.6 Å². The monoisotopic (exact) mass is 319 g/mol. The van der Waals surface area contributed by atoms with E-state index >= 15 is 0 Å². The summed E-state index contributed by atoms with van der Waals surface area (Å²) in [4.78, 5) is 13.7. The van der Waals surface area contributed by atoms with Gasteiger partial charge in [0.2, 0.25) is 5.91 Å². The summed E-state index contributed by atoms with van der Waals surface area (Å²) in [7, 11) is 0. The number of halogens is 1. The molecule has 1 amide bonds. The van der Waals surface area contributed by atoms with Crippen molar-refractivity contribution in [3.63, 3.8) is 0 Å². The van der Waals surface area contributed by atoms with Gasteiger partial charge in [0.25, 0.3) is 0 Å². The third kappa shape index (κ3) is 5.75. The molecule has 1 atom stereocenters. The van der Waals surface area contributed by atoms with Crippen LogP contribution in [0.4, 0.5) is 4.39 Å². The molecule has 116 valence electrons. The zero-order valence-corrected chi connectivity index (χ0v) is 13.3. The third-order valence-electron chi connectivity index (χ3n) is 3.14. The van der Waals surface area contributed by atoms with Gasteiger partial charge in [0.15, 0.2) is 0 Å². The van der Waals surface area contributed by atoms with Crippen LogP contribution in [0.5, 0.6) is 0 Å². The quantitative estimate of drug-likeness (QED) is 0.737. The van der Waals surface area contributed by atoms with E-state index in [4.69, 9.17) is 10.5 Å². The summed E-state index contributed by atoms with van der Waals surface area (Å²) in [5, 5.41) is 17.1. The third-order valence-corrected chi connectivity index (χ3v) is 4.31. The van der Waals surface area contributed by atoms with Gasteiger partial charge in [-0.25, -0.2) is 4.39 Å². The summed E-state index contributed by atoms with van der Waals surface area (Å²) >= 11 is 1.35. The summed E-state index contributed by atoms with van der Waals surface area (Å²) in [6, 6.07) is 10.5. The Morgan fingerprint density at radius 1 is 1.27 bits per heavy atom. The minimum absolute atomic E-state index is 0.126. The number of nitrogens with zero attached hydrogens (tertiary/aromatic N) is 3. The lowest BCUT2D eigenvalue weighted by Crippen LogP contribution is -2.34. The van der Waals surface area contributed by atoms with Gasteiger partial charge in [-0.2, -0.15) is 10.5 Å². The molecular formula is C16H18FN3OS. The standard InChI is InChI=1S/C16H18FN3OS/c1-13(14-6-2-3-7-15(14)17)22-12-16(21)20(10-4-8-18)11-5-9-19/h2-3,6-7,13H,4-5,10-12H2,1H3/t13-/m0/s1. The second kappa shape index (κ2) is 9.81. The zero-order chi connectivity index (χ0) is 16.4. The molecular weight excluding hydrogens is 301 g/mol. The highest BCUT2D eigenvalue weighted by Gasteiger charge is 2.17. The van der Waals surface area contributed by atoms with E-state index in [0.29, 0.717) is 18.7 Å². The average Bonchev–Trinajstić information content (AvgIpc) is 2.53. The highest BCUT2D eigenvalue weighted by Crippen LogP contribution is 2.29. The SMILES string of the molecule is C[C@H](SCC(=O)N(CCC#N)CCC#N)c1ccccc1F. The van der Waals surface area contributed by atoms with Crippen molar-refractivity contribution in [1.82, 2.24) is 4.90 Å². The molecule has 1 rings (SSSR count). The summed E-state index contributed by atoms with van der Waals surface area (Å²) in [5.41, 5.74) is 0.570. The fraction of sp³-hybridized carbons (Fsp3) is 0.438. The first kappa shape index (κ1) is 18.0. The van der Waals surface area contributed by atoms with E-state index < -0.39 is 0 Å². The van der Waals surface area contributed by atoms with Crippen LogP contribution in [0.1, 0.15) is 30.6 Å². The molecule has 0 saturated carbocycles. The molecule has 0 aliphatic rings. The van der Waals surface area contributed by atoms with Gasteiger partial charge in [0.1, 0.15) is 5.82 Å². The zero-order valence-electron chi connectivity index (χ0n) is 12.5. The Morgan fingerprint density at radius 3 is 2.41 bits per heavy atom. The average molecular weight is 319 g/mol. The molecule has 0 aromatic heterocycles. The first-order valence-corrected chi connectivity index (χ1v) is 8.02. The molecule has 0 unspecified atom stereocenters. The van der Waals surface area contributed by atoms with Gasteiger partial charge in [0, 0.05) is 23.9 Å². The maximum absolute atomic E-state index is 13.7. The normalized spacial score (nSPS) is 11.3. The first-order valence-electron chi connectivity index (χ1n) is 6.97.